The van der Waals surface area contributed by atoms with Crippen LogP contribution in [0.3, 0.4) is 0 Å². The zero-order chi connectivity index (χ0) is 14.5. The van der Waals surface area contributed by atoms with Crippen LogP contribution in [0.1, 0.15) is 23.0 Å². The molecule has 5 heteroatoms. The Morgan fingerprint density at radius 1 is 1.40 bits per heavy atom. The highest BCUT2D eigenvalue weighted by atomic mass is 16.3. The van der Waals surface area contributed by atoms with Crippen LogP contribution in [0.2, 0.25) is 0 Å². The monoisotopic (exact) mass is 273 g/mol. The Morgan fingerprint density at radius 2 is 2.10 bits per heavy atom. The lowest BCUT2D eigenvalue weighted by molar-refractivity contribution is 0.0941. The van der Waals surface area contributed by atoms with E-state index in [2.05, 4.69) is 10.4 Å². The molecule has 0 saturated heterocycles. The van der Waals surface area contributed by atoms with Crippen LogP contribution in [0.15, 0.2) is 36.5 Å². The van der Waals surface area contributed by atoms with Gasteiger partial charge >= 0.3 is 0 Å². The number of aliphatic hydroxyl groups excluding tert-OH is 1. The summed E-state index contributed by atoms with van der Waals surface area (Å²) < 4.78 is 1.74. The predicted octanol–water partition coefficient (Wildman–Crippen LogP) is 1.54. The second-order valence-electron chi connectivity index (χ2n) is 4.89. The maximum Gasteiger partial charge on any atom is 0.254 e. The normalized spacial score (nSPS) is 12.2. The lowest BCUT2D eigenvalue weighted by Crippen LogP contribution is -2.29. The summed E-state index contributed by atoms with van der Waals surface area (Å²) in [5.41, 5.74) is 2.28. The van der Waals surface area contributed by atoms with Crippen LogP contribution in [-0.2, 0) is 0 Å². The molecule has 1 aromatic heterocycles. The molecule has 0 bridgehead atoms. The van der Waals surface area contributed by atoms with Gasteiger partial charge in [-0.25, -0.2) is 4.68 Å². The second-order valence-corrected chi connectivity index (χ2v) is 4.89. The average molecular weight is 273 g/mol. The van der Waals surface area contributed by atoms with Crippen molar-refractivity contribution < 1.29 is 9.90 Å². The van der Waals surface area contributed by atoms with Gasteiger partial charge in [0.25, 0.3) is 5.91 Å². The topological polar surface area (TPSA) is 67.2 Å². The number of hydrogen-bond donors (Lipinski definition) is 2. The van der Waals surface area contributed by atoms with E-state index in [9.17, 15) is 4.79 Å². The highest BCUT2D eigenvalue weighted by molar-refractivity contribution is 5.95. The highest BCUT2D eigenvalue weighted by Crippen LogP contribution is 2.13. The number of nitrogens with one attached hydrogen (secondary N) is 1. The van der Waals surface area contributed by atoms with Crippen LogP contribution in [0.4, 0.5) is 0 Å². The van der Waals surface area contributed by atoms with E-state index in [0.29, 0.717) is 12.1 Å². The summed E-state index contributed by atoms with van der Waals surface area (Å²) in [4.78, 5) is 12.1. The molecule has 2 aromatic rings. The minimum absolute atomic E-state index is 0.0448. The number of carbonyl (C=O) groups excluding carboxylic acids is 1. The number of aromatic nitrogens is 2. The molecule has 5 nitrogen and oxygen atoms in total. The maximum absolute atomic E-state index is 12.1. The minimum Gasteiger partial charge on any atom is -0.396 e. The van der Waals surface area contributed by atoms with Crippen molar-refractivity contribution in [3.05, 3.63) is 47.8 Å². The maximum atomic E-state index is 12.1. The van der Waals surface area contributed by atoms with Crippen molar-refractivity contribution in [2.75, 3.05) is 13.2 Å². The molecule has 1 atom stereocenters. The number of amides is 1. The zero-order valence-corrected chi connectivity index (χ0v) is 11.7. The van der Waals surface area contributed by atoms with Crippen LogP contribution < -0.4 is 5.32 Å². The molecule has 0 saturated carbocycles. The lowest BCUT2D eigenvalue weighted by Gasteiger charge is -2.09. The molecule has 0 fully saturated rings. The molecule has 1 aromatic carbocycles. The third-order valence-electron chi connectivity index (χ3n) is 3.18. The second kappa shape index (κ2) is 6.34. The molecule has 2 rings (SSSR count). The van der Waals surface area contributed by atoms with Gasteiger partial charge in [0.1, 0.15) is 0 Å². The van der Waals surface area contributed by atoms with E-state index in [4.69, 9.17) is 5.11 Å². The Hall–Kier alpha value is -2.14. The molecular weight excluding hydrogens is 254 g/mol. The summed E-state index contributed by atoms with van der Waals surface area (Å²) in [6, 6.07) is 9.68. The standard InChI is InChI=1S/C15H19N3O2/c1-11(10-19)8-16-15(20)14-9-17-18(12(14)2)13-6-4-3-5-7-13/h3-7,9,11,19H,8,10H2,1-2H3,(H,16,20). The van der Waals surface area contributed by atoms with Crippen molar-refractivity contribution in [1.82, 2.24) is 15.1 Å². The Kier molecular flexibility index (Phi) is 4.53. The molecule has 0 aliphatic heterocycles. The predicted molar refractivity (Wildman–Crippen MR) is 76.9 cm³/mol. The Morgan fingerprint density at radius 3 is 2.75 bits per heavy atom. The zero-order valence-electron chi connectivity index (χ0n) is 11.7. The fourth-order valence-electron chi connectivity index (χ4n) is 1.89. The summed E-state index contributed by atoms with van der Waals surface area (Å²) in [5, 5.41) is 16.0. The first-order valence-electron chi connectivity index (χ1n) is 6.62. The van der Waals surface area contributed by atoms with Crippen LogP contribution >= 0.6 is 0 Å². The van der Waals surface area contributed by atoms with Crippen molar-refractivity contribution in [1.29, 1.82) is 0 Å². The Labute approximate surface area is 118 Å². The molecule has 0 aliphatic rings. The quantitative estimate of drug-likeness (QED) is 0.868. The van der Waals surface area contributed by atoms with Gasteiger partial charge in [0, 0.05) is 13.2 Å². The number of carbonyl (C=O) groups is 1. The van der Waals surface area contributed by atoms with E-state index in [0.717, 1.165) is 11.4 Å². The van der Waals surface area contributed by atoms with Gasteiger partial charge in [0.05, 0.1) is 23.1 Å². The molecule has 0 spiro atoms. The van der Waals surface area contributed by atoms with E-state index in [1.165, 1.54) is 0 Å². The van der Waals surface area contributed by atoms with Gasteiger partial charge in [0.2, 0.25) is 0 Å². The van der Waals surface area contributed by atoms with E-state index >= 15 is 0 Å². The van der Waals surface area contributed by atoms with Crippen molar-refractivity contribution in [2.45, 2.75) is 13.8 Å². The van der Waals surface area contributed by atoms with Crippen LogP contribution in [-0.4, -0.2) is 33.9 Å². The average Bonchev–Trinajstić information content (AvgIpc) is 2.87. The third kappa shape index (κ3) is 3.05. The van der Waals surface area contributed by atoms with Gasteiger partial charge in [0.15, 0.2) is 0 Å². The van der Waals surface area contributed by atoms with Gasteiger partial charge in [-0.05, 0) is 25.0 Å². The molecule has 1 amide bonds. The summed E-state index contributed by atoms with van der Waals surface area (Å²) in [6.45, 7) is 4.25. The van der Waals surface area contributed by atoms with E-state index < -0.39 is 0 Å². The van der Waals surface area contributed by atoms with Gasteiger partial charge in [-0.1, -0.05) is 25.1 Å². The van der Waals surface area contributed by atoms with Gasteiger partial charge in [-0.15, -0.1) is 0 Å². The lowest BCUT2D eigenvalue weighted by atomic mass is 10.2. The van der Waals surface area contributed by atoms with E-state index in [1.54, 1.807) is 10.9 Å². The number of hydrogen-bond acceptors (Lipinski definition) is 3. The molecule has 0 radical (unpaired) electrons. The molecule has 1 heterocycles. The Bertz CT molecular complexity index is 578. The summed E-state index contributed by atoms with van der Waals surface area (Å²) in [6.07, 6.45) is 1.57. The fraction of sp³-hybridized carbons (Fsp3) is 0.333. The smallest absolute Gasteiger partial charge is 0.254 e. The van der Waals surface area contributed by atoms with Gasteiger partial charge in [-0.3, -0.25) is 4.79 Å². The van der Waals surface area contributed by atoms with Crippen molar-refractivity contribution in [2.24, 2.45) is 5.92 Å². The number of nitrogens with zero attached hydrogens (tertiary/aromatic N) is 2. The number of aliphatic hydroxyl groups is 1. The van der Waals surface area contributed by atoms with E-state index in [1.807, 2.05) is 44.2 Å². The van der Waals surface area contributed by atoms with Crippen LogP contribution in [0.5, 0.6) is 0 Å². The van der Waals surface area contributed by atoms with Crippen molar-refractivity contribution in [3.63, 3.8) is 0 Å². The SMILES string of the molecule is Cc1c(C(=O)NCC(C)CO)cnn1-c1ccccc1. The summed E-state index contributed by atoms with van der Waals surface area (Å²) >= 11 is 0. The largest absolute Gasteiger partial charge is 0.396 e. The fourth-order valence-corrected chi connectivity index (χ4v) is 1.89. The molecule has 20 heavy (non-hydrogen) atoms. The third-order valence-corrected chi connectivity index (χ3v) is 3.18. The minimum atomic E-state index is -0.162. The number of rotatable bonds is 5. The Balaban J connectivity index is 2.15. The number of benzene rings is 1. The molecule has 1 unspecified atom stereocenters. The first kappa shape index (κ1) is 14.3. The van der Waals surface area contributed by atoms with Crippen LogP contribution in [0.25, 0.3) is 5.69 Å². The molecule has 0 aliphatic carbocycles. The van der Waals surface area contributed by atoms with Crippen LogP contribution in [0, 0.1) is 12.8 Å². The van der Waals surface area contributed by atoms with Crippen molar-refractivity contribution >= 4 is 5.91 Å². The first-order chi connectivity index (χ1) is 9.63. The van der Waals surface area contributed by atoms with E-state index in [-0.39, 0.29) is 18.4 Å². The number of para-hydroxylation sites is 1. The molecular formula is C15H19N3O2. The van der Waals surface area contributed by atoms with Gasteiger partial charge < -0.3 is 10.4 Å². The molecule has 106 valence electrons. The first-order valence-corrected chi connectivity index (χ1v) is 6.62. The highest BCUT2D eigenvalue weighted by Gasteiger charge is 2.15. The van der Waals surface area contributed by atoms with Gasteiger partial charge in [-0.2, -0.15) is 5.10 Å². The molecule has 2 N–H and O–H groups in total. The summed E-state index contributed by atoms with van der Waals surface area (Å²) in [7, 11) is 0. The summed E-state index contributed by atoms with van der Waals surface area (Å²) in [5.74, 6) is -0.117. The van der Waals surface area contributed by atoms with Crippen molar-refractivity contribution in [3.8, 4) is 5.69 Å².